The largest absolute Gasteiger partial charge is 0.365 e. The summed E-state index contributed by atoms with van der Waals surface area (Å²) >= 11 is 1.83. The number of aromatic nitrogens is 2. The van der Waals surface area contributed by atoms with E-state index < -0.39 is 0 Å². The fourth-order valence-corrected chi connectivity index (χ4v) is 4.95. The number of hydrogen-bond donors (Lipinski definition) is 1. The summed E-state index contributed by atoms with van der Waals surface area (Å²) in [7, 11) is 0. The maximum absolute atomic E-state index is 11.8. The summed E-state index contributed by atoms with van der Waals surface area (Å²) in [6, 6.07) is 0.294. The van der Waals surface area contributed by atoms with Crippen molar-refractivity contribution >= 4 is 33.3 Å². The highest BCUT2D eigenvalue weighted by Gasteiger charge is 2.27. The van der Waals surface area contributed by atoms with Crippen molar-refractivity contribution in [3.63, 3.8) is 0 Å². The average molecular weight is 330 g/mol. The minimum atomic E-state index is 0.245. The van der Waals surface area contributed by atoms with Crippen LogP contribution in [-0.2, 0) is 17.6 Å². The van der Waals surface area contributed by atoms with E-state index in [1.54, 1.807) is 6.33 Å². The molecule has 4 rings (SSSR count). The van der Waals surface area contributed by atoms with Gasteiger partial charge >= 0.3 is 0 Å². The van der Waals surface area contributed by atoms with Crippen LogP contribution < -0.4 is 5.32 Å². The van der Waals surface area contributed by atoms with Crippen molar-refractivity contribution in [2.45, 2.75) is 51.5 Å². The van der Waals surface area contributed by atoms with E-state index in [1.165, 1.54) is 35.1 Å². The van der Waals surface area contributed by atoms with Crippen LogP contribution in [0.25, 0.3) is 10.2 Å². The number of likely N-dealkylation sites (tertiary alicyclic amines) is 1. The first-order valence-corrected chi connectivity index (χ1v) is 9.37. The number of thiophene rings is 1. The quantitative estimate of drug-likeness (QED) is 0.940. The Hall–Kier alpha value is -1.69. The summed E-state index contributed by atoms with van der Waals surface area (Å²) in [6.45, 7) is 3.56. The van der Waals surface area contributed by atoms with Crippen LogP contribution in [-0.4, -0.2) is 39.9 Å². The summed E-state index contributed by atoms with van der Waals surface area (Å²) in [5.74, 6) is 1.21. The van der Waals surface area contributed by atoms with Crippen molar-refractivity contribution in [2.75, 3.05) is 18.4 Å². The molecule has 1 N–H and O–H groups in total. The normalized spacial score (nSPS) is 20.7. The van der Waals surface area contributed by atoms with Gasteiger partial charge in [0.2, 0.25) is 5.91 Å². The molecule has 3 heterocycles. The lowest BCUT2D eigenvalue weighted by Gasteiger charge is -2.17. The van der Waals surface area contributed by atoms with E-state index in [1.807, 2.05) is 23.2 Å². The number of carbonyl (C=O) groups is 1. The molecule has 122 valence electrons. The molecule has 6 heteroatoms. The van der Waals surface area contributed by atoms with Crippen LogP contribution in [0.2, 0.25) is 0 Å². The van der Waals surface area contributed by atoms with Crippen LogP contribution in [0.15, 0.2) is 6.33 Å². The number of carbonyl (C=O) groups excluding carboxylic acids is 1. The summed E-state index contributed by atoms with van der Waals surface area (Å²) in [5, 5.41) is 4.82. The molecule has 0 aromatic carbocycles. The number of amides is 1. The molecule has 2 aromatic rings. The van der Waals surface area contributed by atoms with Crippen LogP contribution in [0.1, 0.15) is 43.0 Å². The van der Waals surface area contributed by atoms with Crippen molar-refractivity contribution in [1.29, 1.82) is 0 Å². The molecular weight excluding hydrogens is 308 g/mol. The van der Waals surface area contributed by atoms with E-state index in [9.17, 15) is 4.79 Å². The van der Waals surface area contributed by atoms with Gasteiger partial charge in [-0.25, -0.2) is 9.97 Å². The molecule has 0 bridgehead atoms. The molecule has 1 atom stereocenters. The highest BCUT2D eigenvalue weighted by Crippen LogP contribution is 2.38. The van der Waals surface area contributed by atoms with Gasteiger partial charge in [-0.15, -0.1) is 11.3 Å². The van der Waals surface area contributed by atoms with E-state index in [-0.39, 0.29) is 5.91 Å². The van der Waals surface area contributed by atoms with Crippen LogP contribution in [0.5, 0.6) is 0 Å². The molecule has 0 saturated carbocycles. The Labute approximate surface area is 140 Å². The molecule has 5 nitrogen and oxygen atoms in total. The van der Waals surface area contributed by atoms with E-state index >= 15 is 0 Å². The molecule has 1 unspecified atom stereocenters. The van der Waals surface area contributed by atoms with Crippen LogP contribution in [0, 0.1) is 0 Å². The maximum Gasteiger partial charge on any atom is 0.222 e. The van der Waals surface area contributed by atoms with Gasteiger partial charge in [-0.3, -0.25) is 4.79 Å². The first-order chi connectivity index (χ1) is 11.3. The second kappa shape index (κ2) is 6.07. The standard InChI is InChI=1S/C17H22N4OS/c1-2-14(22)21-8-7-11(9-21)20-16-15-12-5-3-4-6-13(12)23-17(15)19-10-18-16/h10-11H,2-9H2,1H3,(H,18,19,20). The Balaban J connectivity index is 1.60. The number of nitrogens with zero attached hydrogens (tertiary/aromatic N) is 3. The van der Waals surface area contributed by atoms with E-state index in [4.69, 9.17) is 0 Å². The monoisotopic (exact) mass is 330 g/mol. The van der Waals surface area contributed by atoms with Crippen molar-refractivity contribution in [2.24, 2.45) is 0 Å². The fraction of sp³-hybridized carbons (Fsp3) is 0.588. The topological polar surface area (TPSA) is 58.1 Å². The van der Waals surface area contributed by atoms with Crippen LogP contribution >= 0.6 is 11.3 Å². The fourth-order valence-electron chi connectivity index (χ4n) is 3.72. The summed E-state index contributed by atoms with van der Waals surface area (Å²) in [5.41, 5.74) is 1.46. The van der Waals surface area contributed by atoms with Gasteiger partial charge in [-0.2, -0.15) is 0 Å². The minimum absolute atomic E-state index is 0.245. The molecule has 1 amide bonds. The Bertz CT molecular complexity index is 742. The summed E-state index contributed by atoms with van der Waals surface area (Å²) in [6.07, 6.45) is 8.10. The van der Waals surface area contributed by atoms with E-state index in [2.05, 4.69) is 15.3 Å². The molecule has 0 radical (unpaired) electrons. The van der Waals surface area contributed by atoms with Gasteiger partial charge in [0.05, 0.1) is 5.39 Å². The van der Waals surface area contributed by atoms with Crippen LogP contribution in [0.3, 0.4) is 0 Å². The number of hydrogen-bond acceptors (Lipinski definition) is 5. The molecule has 2 aliphatic rings. The van der Waals surface area contributed by atoms with Gasteiger partial charge in [0, 0.05) is 30.4 Å². The van der Waals surface area contributed by atoms with Gasteiger partial charge < -0.3 is 10.2 Å². The Morgan fingerprint density at radius 3 is 3.13 bits per heavy atom. The second-order valence-electron chi connectivity index (χ2n) is 6.44. The number of aryl methyl sites for hydroxylation is 2. The average Bonchev–Trinajstić information content (AvgIpc) is 3.18. The highest BCUT2D eigenvalue weighted by atomic mass is 32.1. The lowest BCUT2D eigenvalue weighted by atomic mass is 9.97. The predicted molar refractivity (Wildman–Crippen MR) is 93.0 cm³/mol. The smallest absolute Gasteiger partial charge is 0.222 e. The third-order valence-electron chi connectivity index (χ3n) is 4.94. The third kappa shape index (κ3) is 2.69. The third-order valence-corrected chi connectivity index (χ3v) is 6.14. The molecule has 1 aliphatic heterocycles. The number of fused-ring (bicyclic) bond motifs is 3. The van der Waals surface area contributed by atoms with Crippen molar-refractivity contribution < 1.29 is 4.79 Å². The zero-order chi connectivity index (χ0) is 15.8. The second-order valence-corrected chi connectivity index (χ2v) is 7.52. The lowest BCUT2D eigenvalue weighted by molar-refractivity contribution is -0.129. The molecule has 1 fully saturated rings. The van der Waals surface area contributed by atoms with Gasteiger partial charge in [0.15, 0.2) is 0 Å². The predicted octanol–water partition coefficient (Wildman–Crippen LogP) is 2.99. The van der Waals surface area contributed by atoms with Gasteiger partial charge in [-0.1, -0.05) is 6.92 Å². The van der Waals surface area contributed by atoms with E-state index in [0.29, 0.717) is 12.5 Å². The number of anilines is 1. The number of rotatable bonds is 3. The Morgan fingerprint density at radius 1 is 1.39 bits per heavy atom. The zero-order valence-electron chi connectivity index (χ0n) is 13.5. The summed E-state index contributed by atoms with van der Waals surface area (Å²) in [4.78, 5) is 25.4. The van der Waals surface area contributed by atoms with Gasteiger partial charge in [-0.05, 0) is 37.7 Å². The van der Waals surface area contributed by atoms with Crippen molar-refractivity contribution in [1.82, 2.24) is 14.9 Å². The molecule has 0 spiro atoms. The SMILES string of the molecule is CCC(=O)N1CCC(Nc2ncnc3sc4c(c23)CCCC4)C1. The lowest BCUT2D eigenvalue weighted by Crippen LogP contribution is -2.31. The van der Waals surface area contributed by atoms with Crippen molar-refractivity contribution in [3.8, 4) is 0 Å². The zero-order valence-corrected chi connectivity index (χ0v) is 14.3. The minimum Gasteiger partial charge on any atom is -0.365 e. The number of nitrogens with one attached hydrogen (secondary N) is 1. The van der Waals surface area contributed by atoms with Crippen LogP contribution in [0.4, 0.5) is 5.82 Å². The first kappa shape index (κ1) is 14.9. The van der Waals surface area contributed by atoms with Gasteiger partial charge in [0.25, 0.3) is 0 Å². The first-order valence-electron chi connectivity index (χ1n) is 8.55. The molecule has 2 aromatic heterocycles. The highest BCUT2D eigenvalue weighted by molar-refractivity contribution is 7.19. The maximum atomic E-state index is 11.8. The van der Waals surface area contributed by atoms with E-state index in [0.717, 1.165) is 36.6 Å². The van der Waals surface area contributed by atoms with Crippen molar-refractivity contribution in [3.05, 3.63) is 16.8 Å². The van der Waals surface area contributed by atoms with Gasteiger partial charge in [0.1, 0.15) is 17.0 Å². The summed E-state index contributed by atoms with van der Waals surface area (Å²) < 4.78 is 0. The Morgan fingerprint density at radius 2 is 2.26 bits per heavy atom. The molecule has 1 saturated heterocycles. The Kier molecular flexibility index (Phi) is 3.93. The molecular formula is C17H22N4OS. The molecule has 1 aliphatic carbocycles. The molecule has 23 heavy (non-hydrogen) atoms.